The SMILES string of the molecule is CCCCN(CCCC)c1nc(C(=O)O)c(C)o1. The first-order chi connectivity index (χ1) is 8.60. The zero-order chi connectivity index (χ0) is 13.5. The van der Waals surface area contributed by atoms with Crippen molar-refractivity contribution in [2.24, 2.45) is 0 Å². The molecule has 0 aliphatic heterocycles. The standard InChI is InChI=1S/C13H22N2O3/c1-4-6-8-15(9-7-5-2)13-14-11(12(16)17)10(3)18-13/h4-9H2,1-3H3,(H,16,17). The number of nitrogens with zero attached hydrogens (tertiary/aromatic N) is 2. The van der Waals surface area contributed by atoms with Crippen molar-refractivity contribution in [2.75, 3.05) is 18.0 Å². The van der Waals surface area contributed by atoms with Gasteiger partial charge in [-0.15, -0.1) is 0 Å². The molecule has 5 nitrogen and oxygen atoms in total. The molecular formula is C13H22N2O3. The third kappa shape index (κ3) is 3.75. The van der Waals surface area contributed by atoms with Gasteiger partial charge in [0.25, 0.3) is 6.01 Å². The lowest BCUT2D eigenvalue weighted by atomic mass is 10.3. The first-order valence-electron chi connectivity index (χ1n) is 6.55. The highest BCUT2D eigenvalue weighted by Gasteiger charge is 2.19. The molecule has 1 aromatic heterocycles. The molecule has 1 N–H and O–H groups in total. The van der Waals surface area contributed by atoms with Crippen LogP contribution in [0.5, 0.6) is 0 Å². The van der Waals surface area contributed by atoms with Crippen LogP contribution in [0.15, 0.2) is 4.42 Å². The molecule has 102 valence electrons. The number of hydrogen-bond acceptors (Lipinski definition) is 4. The second-order valence-corrected chi connectivity index (χ2v) is 4.40. The van der Waals surface area contributed by atoms with Crippen molar-refractivity contribution in [3.8, 4) is 0 Å². The number of oxazole rings is 1. The molecule has 0 bridgehead atoms. The smallest absolute Gasteiger partial charge is 0.358 e. The maximum Gasteiger partial charge on any atom is 0.358 e. The van der Waals surface area contributed by atoms with Crippen LogP contribution in [0.2, 0.25) is 0 Å². The molecule has 0 fully saturated rings. The van der Waals surface area contributed by atoms with Crippen LogP contribution in [0.1, 0.15) is 55.8 Å². The van der Waals surface area contributed by atoms with Crippen LogP contribution in [0.25, 0.3) is 0 Å². The fraction of sp³-hybridized carbons (Fsp3) is 0.692. The van der Waals surface area contributed by atoms with Gasteiger partial charge in [0.1, 0.15) is 5.76 Å². The molecule has 0 aliphatic rings. The third-order valence-corrected chi connectivity index (χ3v) is 2.82. The number of aromatic nitrogens is 1. The van der Waals surface area contributed by atoms with Gasteiger partial charge < -0.3 is 14.4 Å². The van der Waals surface area contributed by atoms with Gasteiger partial charge in [-0.1, -0.05) is 26.7 Å². The predicted molar refractivity (Wildman–Crippen MR) is 70.2 cm³/mol. The highest BCUT2D eigenvalue weighted by molar-refractivity contribution is 5.86. The second-order valence-electron chi connectivity index (χ2n) is 4.40. The molecule has 5 heteroatoms. The van der Waals surface area contributed by atoms with Crippen molar-refractivity contribution in [2.45, 2.75) is 46.5 Å². The van der Waals surface area contributed by atoms with Gasteiger partial charge in [-0.2, -0.15) is 4.98 Å². The van der Waals surface area contributed by atoms with E-state index >= 15 is 0 Å². The number of unbranched alkanes of at least 4 members (excludes halogenated alkanes) is 2. The molecule has 0 saturated carbocycles. The van der Waals surface area contributed by atoms with Crippen LogP contribution in [0.4, 0.5) is 6.01 Å². The summed E-state index contributed by atoms with van der Waals surface area (Å²) in [5.74, 6) is -0.663. The molecular weight excluding hydrogens is 232 g/mol. The van der Waals surface area contributed by atoms with Crippen molar-refractivity contribution in [3.63, 3.8) is 0 Å². The molecule has 0 unspecified atom stereocenters. The molecule has 0 radical (unpaired) electrons. The zero-order valence-electron chi connectivity index (χ0n) is 11.4. The third-order valence-electron chi connectivity index (χ3n) is 2.82. The van der Waals surface area contributed by atoms with E-state index in [0.29, 0.717) is 11.8 Å². The molecule has 1 aromatic rings. The van der Waals surface area contributed by atoms with Crippen LogP contribution in [0, 0.1) is 6.92 Å². The van der Waals surface area contributed by atoms with Crippen molar-refractivity contribution in [1.82, 2.24) is 4.98 Å². The molecule has 1 rings (SSSR count). The summed E-state index contributed by atoms with van der Waals surface area (Å²) in [6.07, 6.45) is 4.28. The van der Waals surface area contributed by atoms with E-state index in [0.717, 1.165) is 38.8 Å². The summed E-state index contributed by atoms with van der Waals surface area (Å²) in [4.78, 5) is 17.1. The molecule has 0 amide bonds. The van der Waals surface area contributed by atoms with Crippen LogP contribution >= 0.6 is 0 Å². The van der Waals surface area contributed by atoms with E-state index in [2.05, 4.69) is 18.8 Å². The highest BCUT2D eigenvalue weighted by Crippen LogP contribution is 2.19. The average Bonchev–Trinajstić information content (AvgIpc) is 2.71. The van der Waals surface area contributed by atoms with Crippen molar-refractivity contribution >= 4 is 12.0 Å². The van der Waals surface area contributed by atoms with E-state index in [4.69, 9.17) is 9.52 Å². The Morgan fingerprint density at radius 1 is 1.28 bits per heavy atom. The summed E-state index contributed by atoms with van der Waals surface area (Å²) in [7, 11) is 0. The van der Waals surface area contributed by atoms with Crippen molar-refractivity contribution in [1.29, 1.82) is 0 Å². The fourth-order valence-corrected chi connectivity index (χ4v) is 1.72. The van der Waals surface area contributed by atoms with E-state index in [1.54, 1.807) is 6.92 Å². The summed E-state index contributed by atoms with van der Waals surface area (Å²) in [5.41, 5.74) is 0.0167. The number of anilines is 1. The Labute approximate surface area is 108 Å². The van der Waals surface area contributed by atoms with Crippen LogP contribution in [0.3, 0.4) is 0 Å². The van der Waals surface area contributed by atoms with Crippen LogP contribution in [-0.2, 0) is 0 Å². The Bertz CT molecular complexity index is 380. The summed E-state index contributed by atoms with van der Waals surface area (Å²) in [6.45, 7) is 7.60. The Balaban J connectivity index is 2.83. The summed E-state index contributed by atoms with van der Waals surface area (Å²) in [5, 5.41) is 8.97. The minimum Gasteiger partial charge on any atom is -0.476 e. The Hall–Kier alpha value is -1.52. The van der Waals surface area contributed by atoms with E-state index in [1.165, 1.54) is 0 Å². The van der Waals surface area contributed by atoms with E-state index in [9.17, 15) is 4.79 Å². The molecule has 0 aliphatic carbocycles. The van der Waals surface area contributed by atoms with Gasteiger partial charge in [-0.05, 0) is 19.8 Å². The lowest BCUT2D eigenvalue weighted by Crippen LogP contribution is -2.26. The number of carboxylic acids is 1. The van der Waals surface area contributed by atoms with Crippen molar-refractivity contribution < 1.29 is 14.3 Å². The van der Waals surface area contributed by atoms with E-state index in [1.807, 2.05) is 4.90 Å². The van der Waals surface area contributed by atoms with Crippen molar-refractivity contribution in [3.05, 3.63) is 11.5 Å². The molecule has 1 heterocycles. The number of carbonyl (C=O) groups is 1. The first-order valence-corrected chi connectivity index (χ1v) is 6.55. The Morgan fingerprint density at radius 2 is 1.83 bits per heavy atom. The lowest BCUT2D eigenvalue weighted by Gasteiger charge is -2.19. The number of rotatable bonds is 8. The fourth-order valence-electron chi connectivity index (χ4n) is 1.72. The minimum absolute atomic E-state index is 0.0167. The first kappa shape index (κ1) is 14.5. The minimum atomic E-state index is -1.03. The predicted octanol–water partition coefficient (Wildman–Crippen LogP) is 3.09. The van der Waals surface area contributed by atoms with Gasteiger partial charge in [0.2, 0.25) is 0 Å². The summed E-state index contributed by atoms with van der Waals surface area (Å²) < 4.78 is 5.47. The summed E-state index contributed by atoms with van der Waals surface area (Å²) in [6, 6.07) is 0.437. The molecule has 18 heavy (non-hydrogen) atoms. The van der Waals surface area contributed by atoms with Gasteiger partial charge >= 0.3 is 5.97 Å². The number of hydrogen-bond donors (Lipinski definition) is 1. The van der Waals surface area contributed by atoms with Gasteiger partial charge in [-0.3, -0.25) is 0 Å². The van der Waals surface area contributed by atoms with E-state index in [-0.39, 0.29) is 5.69 Å². The number of carboxylic acid groups (broad SMARTS) is 1. The lowest BCUT2D eigenvalue weighted by molar-refractivity contribution is 0.0689. The largest absolute Gasteiger partial charge is 0.476 e. The molecule has 0 spiro atoms. The molecule has 0 atom stereocenters. The normalized spacial score (nSPS) is 10.6. The van der Waals surface area contributed by atoms with Gasteiger partial charge in [0, 0.05) is 13.1 Å². The average molecular weight is 254 g/mol. The zero-order valence-corrected chi connectivity index (χ0v) is 11.4. The quantitative estimate of drug-likeness (QED) is 0.772. The number of aryl methyl sites for hydroxylation is 1. The monoisotopic (exact) mass is 254 g/mol. The highest BCUT2D eigenvalue weighted by atomic mass is 16.4. The molecule has 0 saturated heterocycles. The van der Waals surface area contributed by atoms with Crippen LogP contribution < -0.4 is 4.90 Å². The Morgan fingerprint density at radius 3 is 2.22 bits per heavy atom. The van der Waals surface area contributed by atoms with Crippen LogP contribution in [-0.4, -0.2) is 29.1 Å². The topological polar surface area (TPSA) is 66.6 Å². The van der Waals surface area contributed by atoms with E-state index < -0.39 is 5.97 Å². The summed E-state index contributed by atoms with van der Waals surface area (Å²) >= 11 is 0. The second kappa shape index (κ2) is 7.03. The number of aromatic carboxylic acids is 1. The van der Waals surface area contributed by atoms with Gasteiger partial charge in [-0.25, -0.2) is 4.79 Å². The maximum absolute atomic E-state index is 10.9. The van der Waals surface area contributed by atoms with Gasteiger partial charge in [0.05, 0.1) is 0 Å². The maximum atomic E-state index is 10.9. The Kier molecular flexibility index (Phi) is 5.68. The molecule has 0 aromatic carbocycles. The van der Waals surface area contributed by atoms with Gasteiger partial charge in [0.15, 0.2) is 5.69 Å².